The van der Waals surface area contributed by atoms with E-state index in [1.807, 2.05) is 13.8 Å². The minimum atomic E-state index is -0.469. The van der Waals surface area contributed by atoms with Crippen molar-refractivity contribution in [3.8, 4) is 28.7 Å². The van der Waals surface area contributed by atoms with Crippen molar-refractivity contribution in [2.45, 2.75) is 20.5 Å². The third kappa shape index (κ3) is 4.00. The van der Waals surface area contributed by atoms with Crippen molar-refractivity contribution in [2.24, 2.45) is 0 Å². The van der Waals surface area contributed by atoms with E-state index in [4.69, 9.17) is 32.8 Å². The van der Waals surface area contributed by atoms with Crippen LogP contribution in [0.1, 0.15) is 30.0 Å². The first-order valence-electron chi connectivity index (χ1n) is 10.1. The maximum atomic E-state index is 12.5. The lowest BCUT2D eigenvalue weighted by molar-refractivity contribution is -0.401. The van der Waals surface area contributed by atoms with Gasteiger partial charge < -0.3 is 39.0 Å². The fourth-order valence-electron chi connectivity index (χ4n) is 3.61. The summed E-state index contributed by atoms with van der Waals surface area (Å²) in [4.78, 5) is 15.7. The Morgan fingerprint density at radius 1 is 0.879 bits per heavy atom. The highest BCUT2D eigenvalue weighted by atomic mass is 16.7. The van der Waals surface area contributed by atoms with Crippen LogP contribution in [0.2, 0.25) is 0 Å². The highest BCUT2D eigenvalue weighted by Gasteiger charge is 2.32. The number of carbonyl (C=O) groups is 1. The number of nitrogens with one attached hydrogen (secondary N) is 1. The van der Waals surface area contributed by atoms with Gasteiger partial charge in [0.15, 0.2) is 40.9 Å². The van der Waals surface area contributed by atoms with Crippen molar-refractivity contribution >= 4 is 22.6 Å². The Kier molecular flexibility index (Phi) is 6.98. The van der Waals surface area contributed by atoms with Crippen LogP contribution in [0.3, 0.4) is 0 Å². The van der Waals surface area contributed by atoms with Crippen LogP contribution < -0.4 is 40.2 Å². The van der Waals surface area contributed by atoms with Gasteiger partial charge in [-0.15, -0.1) is 0 Å². The first kappa shape index (κ1) is 23.7. The van der Waals surface area contributed by atoms with Crippen molar-refractivity contribution in [1.29, 1.82) is 0 Å². The van der Waals surface area contributed by atoms with Crippen LogP contribution in [0.15, 0.2) is 28.7 Å². The highest BCUT2D eigenvalue weighted by Crippen LogP contribution is 2.39. The second kappa shape index (κ2) is 9.70. The zero-order valence-electron chi connectivity index (χ0n) is 19.2. The van der Waals surface area contributed by atoms with Gasteiger partial charge in [0.05, 0.1) is 38.8 Å². The molecule has 2 aromatic carbocycles. The maximum Gasteiger partial charge on any atom is 0.349 e. The van der Waals surface area contributed by atoms with Crippen LogP contribution in [0.4, 0.5) is 5.69 Å². The lowest BCUT2D eigenvalue weighted by Crippen LogP contribution is -2.71. The van der Waals surface area contributed by atoms with Gasteiger partial charge in [0.2, 0.25) is 23.6 Å². The van der Waals surface area contributed by atoms with Gasteiger partial charge in [0.1, 0.15) is 5.58 Å². The molecule has 10 nitrogen and oxygen atoms in total. The molecule has 3 aromatic rings. The van der Waals surface area contributed by atoms with E-state index in [0.717, 1.165) is 0 Å². The molecule has 2 aliphatic heterocycles. The average molecular weight is 459 g/mol. The summed E-state index contributed by atoms with van der Waals surface area (Å²) in [6.07, 6.45) is 0. The molecule has 0 fully saturated rings. The Labute approximate surface area is 190 Å². The molecule has 0 amide bonds. The Balaban J connectivity index is 0.000000994. The topological polar surface area (TPSA) is 135 Å². The quantitative estimate of drug-likeness (QED) is 0.564. The van der Waals surface area contributed by atoms with Crippen molar-refractivity contribution in [3.63, 3.8) is 0 Å². The second-order valence-corrected chi connectivity index (χ2v) is 6.59. The van der Waals surface area contributed by atoms with Crippen LogP contribution >= 0.6 is 0 Å². The molecule has 0 spiro atoms. The van der Waals surface area contributed by atoms with Crippen molar-refractivity contribution in [2.75, 3.05) is 28.1 Å². The van der Waals surface area contributed by atoms with E-state index in [-0.39, 0.29) is 19.6 Å². The van der Waals surface area contributed by atoms with Gasteiger partial charge in [0, 0.05) is 12.1 Å². The number of hydrogen-bond acceptors (Lipinski definition) is 9. The van der Waals surface area contributed by atoms with E-state index >= 15 is 0 Å². The van der Waals surface area contributed by atoms with Crippen molar-refractivity contribution < 1.29 is 42.6 Å². The first-order valence-corrected chi connectivity index (χ1v) is 10.1. The average Bonchev–Trinajstić information content (AvgIpc) is 3.44. The molecule has 33 heavy (non-hydrogen) atoms. The molecular weight excluding hydrogens is 432 g/mol. The number of hydrogen-bond donors (Lipinski definition) is 2. The summed E-state index contributed by atoms with van der Waals surface area (Å²) < 4.78 is 38.3. The molecule has 4 N–H and O–H groups in total. The van der Waals surface area contributed by atoms with Crippen molar-refractivity contribution in [1.82, 2.24) is 6.15 Å². The number of rotatable bonds is 4. The third-order valence-electron chi connectivity index (χ3n) is 4.98. The van der Waals surface area contributed by atoms with Gasteiger partial charge in [0.25, 0.3) is 0 Å². The molecule has 0 saturated heterocycles. The van der Waals surface area contributed by atoms with Gasteiger partial charge in [-0.2, -0.15) is 0 Å². The zero-order chi connectivity index (χ0) is 22.8. The second-order valence-electron chi connectivity index (χ2n) is 6.59. The minimum Gasteiger partial charge on any atom is -0.492 e. The van der Waals surface area contributed by atoms with Gasteiger partial charge in [-0.05, 0) is 0 Å². The third-order valence-corrected chi connectivity index (χ3v) is 4.98. The zero-order valence-corrected chi connectivity index (χ0v) is 19.2. The summed E-state index contributed by atoms with van der Waals surface area (Å²) in [5, 5.41) is 1.17. The number of fused-ring (bicyclic) bond motifs is 3. The molecule has 0 unspecified atom stereocenters. The van der Waals surface area contributed by atoms with Gasteiger partial charge in [-0.3, -0.25) is 0 Å². The first-order chi connectivity index (χ1) is 15.6. The molecule has 0 atom stereocenters. The molecule has 0 saturated carbocycles. The monoisotopic (exact) mass is 459 g/mol. The van der Waals surface area contributed by atoms with E-state index in [0.29, 0.717) is 62.1 Å². The number of methoxy groups -OCH3 is 3. The van der Waals surface area contributed by atoms with Gasteiger partial charge in [-0.1, -0.05) is 13.8 Å². The summed E-state index contributed by atoms with van der Waals surface area (Å²) >= 11 is 0. The fourth-order valence-corrected chi connectivity index (χ4v) is 3.61. The largest absolute Gasteiger partial charge is 0.492 e. The van der Waals surface area contributed by atoms with Gasteiger partial charge >= 0.3 is 5.97 Å². The summed E-state index contributed by atoms with van der Waals surface area (Å²) in [6.45, 7) is 4.19. The molecule has 3 heterocycles. The minimum absolute atomic E-state index is 0. The Hall–Kier alpha value is -3.92. The molecule has 1 aromatic heterocycles. The molecule has 0 radical (unpaired) electrons. The fraction of sp³-hybridized carbons (Fsp3) is 0.304. The molecular formula is C23H27N2O8+. The van der Waals surface area contributed by atoms with E-state index in [9.17, 15) is 4.79 Å². The number of carbonyl (C=O) groups excluding carboxylic acids is 1. The number of ether oxygens (including phenoxy) is 6. The Morgan fingerprint density at radius 3 is 2.12 bits per heavy atom. The highest BCUT2D eigenvalue weighted by molar-refractivity contribution is 5.96. The maximum absolute atomic E-state index is 12.5. The summed E-state index contributed by atoms with van der Waals surface area (Å²) in [6, 6.07) is 7.00. The SMILES string of the molecule is CC.COc1cc([NH+]=c2c3c(oc4cc5c(cc24)OCO5)COC3=O)cc(OC)c1OC.N. The van der Waals surface area contributed by atoms with Gasteiger partial charge in [-0.25, -0.2) is 9.79 Å². The van der Waals surface area contributed by atoms with E-state index in [1.165, 1.54) is 21.3 Å². The predicted octanol–water partition coefficient (Wildman–Crippen LogP) is 2.36. The van der Waals surface area contributed by atoms with E-state index in [2.05, 4.69) is 4.99 Å². The number of benzene rings is 2. The smallest absolute Gasteiger partial charge is 0.349 e. The van der Waals surface area contributed by atoms with Crippen molar-refractivity contribution in [3.05, 3.63) is 40.9 Å². The predicted molar refractivity (Wildman–Crippen MR) is 118 cm³/mol. The Morgan fingerprint density at radius 2 is 1.52 bits per heavy atom. The molecule has 10 heteroatoms. The number of esters is 1. The van der Waals surface area contributed by atoms with Crippen LogP contribution in [-0.2, 0) is 11.3 Å². The molecule has 0 bridgehead atoms. The summed E-state index contributed by atoms with van der Waals surface area (Å²) in [5.74, 6) is 2.52. The van der Waals surface area contributed by atoms with Crippen LogP contribution in [0.5, 0.6) is 28.7 Å². The molecule has 5 rings (SSSR count). The summed E-state index contributed by atoms with van der Waals surface area (Å²) in [7, 11) is 4.60. The van der Waals surface area contributed by atoms with E-state index in [1.54, 1.807) is 24.3 Å². The molecule has 0 aliphatic carbocycles. The van der Waals surface area contributed by atoms with Crippen LogP contribution in [0.25, 0.3) is 11.0 Å². The normalized spacial score (nSPS) is 13.5. The van der Waals surface area contributed by atoms with Crippen LogP contribution in [0, 0.1) is 0 Å². The summed E-state index contributed by atoms with van der Waals surface area (Å²) in [5.41, 5.74) is 1.48. The lowest BCUT2D eigenvalue weighted by atomic mass is 10.1. The van der Waals surface area contributed by atoms with Crippen LogP contribution in [-0.4, -0.2) is 34.1 Å². The Bertz CT molecular complexity index is 1240. The standard InChI is InChI=1S/C21H17NO8.C2H6.H3N/c1-24-15-4-10(5-16(25-2)20(15)26-3)22-19-11-6-13-14(29-9-28-13)7-12(11)30-17-8-27-21(23)18(17)19;1-2;/h4-7H,8-9H2,1-3H3;1-2H3;1H3/p+1. The lowest BCUT2D eigenvalue weighted by Gasteiger charge is -2.11. The molecule has 176 valence electrons. The van der Waals surface area contributed by atoms with E-state index < -0.39 is 5.97 Å². The molecule has 2 aliphatic rings. The number of cyclic esters (lactones) is 1.